The van der Waals surface area contributed by atoms with Crippen molar-refractivity contribution in [1.29, 1.82) is 0 Å². The van der Waals surface area contributed by atoms with E-state index in [1.807, 2.05) is 65.6 Å². The van der Waals surface area contributed by atoms with Gasteiger partial charge >= 0.3 is 18.0 Å². The summed E-state index contributed by atoms with van der Waals surface area (Å²) >= 11 is 2.10. The number of imide groups is 1. The van der Waals surface area contributed by atoms with Gasteiger partial charge in [-0.3, -0.25) is 29.4 Å². The van der Waals surface area contributed by atoms with Crippen LogP contribution >= 0.6 is 22.6 Å². The Bertz CT molecular complexity index is 2490. The average molecular weight is 936 g/mol. The molecule has 2 fully saturated rings. The Morgan fingerprint density at radius 1 is 0.869 bits per heavy atom. The summed E-state index contributed by atoms with van der Waals surface area (Å²) in [6.45, 7) is 2.94. The van der Waals surface area contributed by atoms with E-state index >= 15 is 4.79 Å². The van der Waals surface area contributed by atoms with Crippen LogP contribution in [-0.2, 0) is 40.6 Å². The summed E-state index contributed by atoms with van der Waals surface area (Å²) in [5, 5.41) is 20.7. The van der Waals surface area contributed by atoms with Crippen molar-refractivity contribution < 1.29 is 48.2 Å². The molecule has 3 aliphatic rings. The highest BCUT2D eigenvalue weighted by atomic mass is 127. The van der Waals surface area contributed by atoms with Crippen LogP contribution in [0, 0.1) is 19.6 Å². The predicted molar refractivity (Wildman–Crippen MR) is 228 cm³/mol. The molecule has 3 heterocycles. The summed E-state index contributed by atoms with van der Waals surface area (Å²) in [5.74, 6) is -3.66. The summed E-state index contributed by atoms with van der Waals surface area (Å²) in [4.78, 5) is 73.8. The molecular weight excluding hydrogens is 897 g/mol. The third-order valence-corrected chi connectivity index (χ3v) is 11.9. The third-order valence-electron chi connectivity index (χ3n) is 11.3. The van der Waals surface area contributed by atoms with E-state index in [1.54, 1.807) is 42.5 Å². The Balaban J connectivity index is 1.36. The zero-order chi connectivity index (χ0) is 42.8. The van der Waals surface area contributed by atoms with Crippen LogP contribution in [0.3, 0.4) is 0 Å². The zero-order valence-corrected chi connectivity index (χ0v) is 34.5. The van der Waals surface area contributed by atoms with Gasteiger partial charge in [0.1, 0.15) is 49.0 Å². The van der Waals surface area contributed by atoms with Crippen molar-refractivity contribution in [2.45, 2.75) is 36.3 Å². The monoisotopic (exact) mass is 935 g/mol. The van der Waals surface area contributed by atoms with Gasteiger partial charge in [0, 0.05) is 15.7 Å². The maximum absolute atomic E-state index is 16.0. The summed E-state index contributed by atoms with van der Waals surface area (Å²) in [6, 6.07) is 32.5. The Hall–Kier alpha value is -6.43. The van der Waals surface area contributed by atoms with Crippen LogP contribution in [0.2, 0.25) is 0 Å². The highest BCUT2D eigenvalue weighted by Gasteiger charge is 2.76. The number of amides is 2. The Kier molecular flexibility index (Phi) is 11.7. The number of nitro groups is 1. The number of anilines is 1. The van der Waals surface area contributed by atoms with Crippen molar-refractivity contribution in [1.82, 2.24) is 4.90 Å². The first-order chi connectivity index (χ1) is 29.6. The number of carbonyl (C=O) groups is 4. The number of hydrogen-bond donors (Lipinski definition) is 1. The van der Waals surface area contributed by atoms with E-state index in [9.17, 15) is 29.6 Å². The number of rotatable bonds is 12. The van der Waals surface area contributed by atoms with Gasteiger partial charge in [-0.25, -0.2) is 9.69 Å². The quantitative estimate of drug-likeness (QED) is 0.0331. The summed E-state index contributed by atoms with van der Waals surface area (Å²) in [7, 11) is 0. The Labute approximate surface area is 363 Å². The summed E-state index contributed by atoms with van der Waals surface area (Å²) < 4.78 is 24.4. The van der Waals surface area contributed by atoms with Crippen LogP contribution < -0.4 is 9.64 Å². The molecular formula is C46H38IN3O11. The highest BCUT2D eigenvalue weighted by Crippen LogP contribution is 2.66. The number of cyclic esters (lactones) is 1. The number of aliphatic hydroxyl groups excluding tert-OH is 1. The maximum atomic E-state index is 16.0. The lowest BCUT2D eigenvalue weighted by molar-refractivity contribution is -0.384. The number of aliphatic hydroxyl groups is 1. The molecule has 0 aliphatic carbocycles. The van der Waals surface area contributed by atoms with Crippen LogP contribution in [0.25, 0.3) is 0 Å². The molecule has 0 saturated carbocycles. The van der Waals surface area contributed by atoms with Gasteiger partial charge in [0.15, 0.2) is 0 Å². The van der Waals surface area contributed by atoms with E-state index < -0.39 is 64.4 Å². The van der Waals surface area contributed by atoms with Gasteiger partial charge in [0.05, 0.1) is 29.3 Å². The van der Waals surface area contributed by atoms with Crippen molar-refractivity contribution in [2.75, 3.05) is 24.7 Å². The Morgan fingerprint density at radius 2 is 1.54 bits per heavy atom. The number of halogens is 1. The fraction of sp³-hybridized carbons (Fsp3) is 0.217. The van der Waals surface area contributed by atoms with Gasteiger partial charge in [-0.15, -0.1) is 0 Å². The van der Waals surface area contributed by atoms with E-state index in [0.717, 1.165) is 10.5 Å². The standard InChI is InChI=1S/C46H38IN3O11/c1-2-24-59-42(52)37-39-43(53)61-40(30-11-7-4-8-12-30)38(29-9-5-3-6-10-29)49(39)41(31-15-20-34(21-16-31)58-25-23-51)46(37)35-26-32(47)17-22-36(35)48(44(46)54)45(55)60-27-28-13-18-33(19-14-28)50(56)57/h2-22,26,37-41,51H,1,23-25,27H2/t37-,38-,39-,40+,41+,46-/m0/s1. The number of benzene rings is 5. The largest absolute Gasteiger partial charge is 0.491 e. The predicted octanol–water partition coefficient (Wildman–Crippen LogP) is 7.30. The molecule has 5 aromatic rings. The molecule has 0 bridgehead atoms. The molecule has 14 nitrogen and oxygen atoms in total. The first kappa shape index (κ1) is 41.3. The SMILES string of the molecule is C=CCOC(=O)[C@@H]1[C@H]2C(=O)O[C@H](c3ccccc3)[C@H](c3ccccc3)N2[C@H](c2ccc(OCCO)cc2)[C@@]12C(=O)N(C(=O)OCc1ccc([N+](=O)[O-])cc1)c1ccc(I)cc12. The smallest absolute Gasteiger partial charge is 0.421 e. The molecule has 5 aromatic carbocycles. The van der Waals surface area contributed by atoms with Gasteiger partial charge < -0.3 is 24.1 Å². The van der Waals surface area contributed by atoms with Gasteiger partial charge in [-0.2, -0.15) is 0 Å². The van der Waals surface area contributed by atoms with Crippen LogP contribution in [0.5, 0.6) is 5.75 Å². The second-order valence-electron chi connectivity index (χ2n) is 14.6. The second kappa shape index (κ2) is 17.3. The van der Waals surface area contributed by atoms with E-state index in [2.05, 4.69) is 29.2 Å². The van der Waals surface area contributed by atoms with Crippen molar-refractivity contribution in [3.05, 3.63) is 182 Å². The van der Waals surface area contributed by atoms with Crippen molar-refractivity contribution in [3.8, 4) is 5.75 Å². The van der Waals surface area contributed by atoms with E-state index in [-0.39, 0.29) is 43.4 Å². The van der Waals surface area contributed by atoms with Crippen LogP contribution in [0.1, 0.15) is 46.0 Å². The number of ether oxygens (including phenoxy) is 4. The van der Waals surface area contributed by atoms with Crippen LogP contribution in [0.15, 0.2) is 140 Å². The number of esters is 2. The molecule has 2 amide bonds. The Morgan fingerprint density at radius 3 is 2.18 bits per heavy atom. The van der Waals surface area contributed by atoms with Crippen LogP contribution in [-0.4, -0.2) is 64.7 Å². The molecule has 3 aliphatic heterocycles. The number of non-ortho nitro benzene ring substituents is 1. The van der Waals surface area contributed by atoms with Crippen molar-refractivity contribution in [2.24, 2.45) is 5.92 Å². The number of fused-ring (bicyclic) bond motifs is 3. The first-order valence-electron chi connectivity index (χ1n) is 19.3. The molecule has 1 spiro atoms. The van der Waals surface area contributed by atoms with Crippen LogP contribution in [0.4, 0.5) is 16.2 Å². The minimum Gasteiger partial charge on any atom is -0.491 e. The lowest BCUT2D eigenvalue weighted by Crippen LogP contribution is -2.53. The fourth-order valence-electron chi connectivity index (χ4n) is 8.89. The molecule has 1 N–H and O–H groups in total. The number of nitrogens with zero attached hydrogens (tertiary/aromatic N) is 3. The number of morpholine rings is 1. The maximum Gasteiger partial charge on any atom is 0.421 e. The lowest BCUT2D eigenvalue weighted by atomic mass is 9.65. The average Bonchev–Trinajstić information content (AvgIpc) is 3.73. The number of nitro benzene ring substituents is 1. The van der Waals surface area contributed by atoms with E-state index in [0.29, 0.717) is 26.0 Å². The normalized spacial score (nSPS) is 22.9. The van der Waals surface area contributed by atoms with Gasteiger partial charge in [-0.1, -0.05) is 85.5 Å². The zero-order valence-electron chi connectivity index (χ0n) is 32.4. The molecule has 8 rings (SSSR count). The van der Waals surface area contributed by atoms with Gasteiger partial charge in [-0.05, 0) is 92.9 Å². The molecule has 2 saturated heterocycles. The summed E-state index contributed by atoms with van der Waals surface area (Å²) in [6.07, 6.45) is -0.606. The van der Waals surface area contributed by atoms with E-state index in [1.165, 1.54) is 30.3 Å². The topological polar surface area (TPSA) is 175 Å². The molecule has 15 heteroatoms. The molecule has 0 aromatic heterocycles. The molecule has 310 valence electrons. The lowest BCUT2D eigenvalue weighted by Gasteiger charge is -2.46. The summed E-state index contributed by atoms with van der Waals surface area (Å²) in [5.41, 5.74) is 0.566. The number of hydrogen-bond acceptors (Lipinski definition) is 12. The van der Waals surface area contributed by atoms with E-state index in [4.69, 9.17) is 18.9 Å². The van der Waals surface area contributed by atoms with Gasteiger partial charge in [0.2, 0.25) is 5.91 Å². The van der Waals surface area contributed by atoms with Crippen molar-refractivity contribution in [3.63, 3.8) is 0 Å². The molecule has 6 atom stereocenters. The van der Waals surface area contributed by atoms with Crippen molar-refractivity contribution >= 4 is 57.9 Å². The fourth-order valence-corrected chi connectivity index (χ4v) is 9.38. The highest BCUT2D eigenvalue weighted by molar-refractivity contribution is 14.1. The third kappa shape index (κ3) is 7.31. The first-order valence-corrected chi connectivity index (χ1v) is 20.4. The number of carbonyl (C=O) groups excluding carboxylic acids is 4. The van der Waals surface area contributed by atoms with Gasteiger partial charge in [0.25, 0.3) is 5.69 Å². The molecule has 0 radical (unpaired) electrons. The minimum absolute atomic E-state index is 0.0278. The minimum atomic E-state index is -2.03. The molecule has 0 unspecified atom stereocenters. The molecule has 61 heavy (non-hydrogen) atoms. The second-order valence-corrected chi connectivity index (χ2v) is 15.9.